The van der Waals surface area contributed by atoms with E-state index in [4.69, 9.17) is 5.73 Å². The van der Waals surface area contributed by atoms with Crippen molar-refractivity contribution in [3.05, 3.63) is 252 Å². The van der Waals surface area contributed by atoms with Crippen LogP contribution in [0, 0.1) is 0 Å². The minimum atomic E-state index is -0.463. The number of aromatic nitrogens is 1. The summed E-state index contributed by atoms with van der Waals surface area (Å²) in [5.41, 5.74) is 22.8. The van der Waals surface area contributed by atoms with Crippen molar-refractivity contribution in [2.45, 2.75) is 21.6 Å². The van der Waals surface area contributed by atoms with Gasteiger partial charge in [-0.3, -0.25) is 11.7 Å². The molecule has 61 heavy (non-hydrogen) atoms. The number of hydrogen-bond donors (Lipinski definition) is 3. The highest BCUT2D eigenvalue weighted by molar-refractivity contribution is 7.99. The second-order valence-corrected chi connectivity index (χ2v) is 16.6. The maximum absolute atomic E-state index is 5.60. The van der Waals surface area contributed by atoms with E-state index < -0.39 is 5.41 Å². The molecular formula is C56H44N4S. The zero-order valence-electron chi connectivity index (χ0n) is 33.6. The lowest BCUT2D eigenvalue weighted by molar-refractivity contribution is 0.690. The van der Waals surface area contributed by atoms with Crippen LogP contribution in [0.25, 0.3) is 49.7 Å². The SMILES string of the molecule is NN.Nc1ccc(-c2ccccc2)cc1.c1ccc(Cc2cccc(-c3ccc4c(c3)C3(c5ccccc5S4)c4ccccc4-n4c5ccccc5c5cccc3c54)c2)cc1. The molecule has 1 aromatic heterocycles. The van der Waals surface area contributed by atoms with E-state index in [1.54, 1.807) is 0 Å². The van der Waals surface area contributed by atoms with Gasteiger partial charge in [-0.1, -0.05) is 188 Å². The van der Waals surface area contributed by atoms with E-state index in [0.717, 1.165) is 12.1 Å². The van der Waals surface area contributed by atoms with Gasteiger partial charge in [0.1, 0.15) is 0 Å². The lowest BCUT2D eigenvalue weighted by Gasteiger charge is -2.45. The number of nitrogens with two attached hydrogens (primary N) is 3. The molecule has 9 aromatic carbocycles. The van der Waals surface area contributed by atoms with Gasteiger partial charge in [0.2, 0.25) is 0 Å². The number of rotatable bonds is 4. The summed E-state index contributed by atoms with van der Waals surface area (Å²) in [5.74, 6) is 8.00. The highest BCUT2D eigenvalue weighted by atomic mass is 32.2. The van der Waals surface area contributed by atoms with Gasteiger partial charge < -0.3 is 10.3 Å². The fraction of sp³-hybridized carbons (Fsp3) is 0.0357. The monoisotopic (exact) mass is 804 g/mol. The molecule has 3 heterocycles. The Kier molecular flexibility index (Phi) is 10.1. The predicted octanol–water partition coefficient (Wildman–Crippen LogP) is 13.0. The van der Waals surface area contributed by atoms with Crippen LogP contribution in [-0.2, 0) is 11.8 Å². The molecule has 4 nitrogen and oxygen atoms in total. The number of nitrogens with zero attached hydrogens (tertiary/aromatic N) is 1. The van der Waals surface area contributed by atoms with Crippen LogP contribution in [0.15, 0.2) is 228 Å². The zero-order valence-corrected chi connectivity index (χ0v) is 34.4. The molecule has 2 aliphatic rings. The molecule has 0 radical (unpaired) electrons. The molecule has 12 rings (SSSR count). The quantitative estimate of drug-likeness (QED) is 0.0940. The third-order valence-corrected chi connectivity index (χ3v) is 13.2. The maximum Gasteiger partial charge on any atom is 0.0764 e. The first kappa shape index (κ1) is 38.1. The number of hydrazine groups is 1. The van der Waals surface area contributed by atoms with Gasteiger partial charge in [-0.2, -0.15) is 0 Å². The summed E-state index contributed by atoms with van der Waals surface area (Å²) >= 11 is 1.90. The number of para-hydroxylation sites is 3. The van der Waals surface area contributed by atoms with Gasteiger partial charge in [-0.15, -0.1) is 0 Å². The third kappa shape index (κ3) is 6.51. The van der Waals surface area contributed by atoms with Gasteiger partial charge >= 0.3 is 0 Å². The van der Waals surface area contributed by atoms with Crippen LogP contribution in [0.5, 0.6) is 0 Å². The standard InChI is InChI=1S/C44H29NS.C12H11N.H4N2/c1-2-12-29(13-3-1)26-30-14-10-15-31(27-30)32-24-25-42-38(28-32)44(36-19-6-9-23-41(36)46-42)35-18-5-8-22-40(35)45-39-21-7-4-16-33(39)34-17-11-20-37(44)43(34)45;13-12-8-6-11(7-9-12)10-4-2-1-3-5-10;1-2/h1-25,27-28H,26H2;1-9H,13H2;1-2H2. The summed E-state index contributed by atoms with van der Waals surface area (Å²) in [7, 11) is 0. The van der Waals surface area contributed by atoms with Crippen LogP contribution in [0.2, 0.25) is 0 Å². The fourth-order valence-electron chi connectivity index (χ4n) is 9.50. The molecule has 1 atom stereocenters. The van der Waals surface area contributed by atoms with E-state index >= 15 is 0 Å². The number of fused-ring (bicyclic) bond motifs is 11. The molecule has 0 saturated carbocycles. The predicted molar refractivity (Wildman–Crippen MR) is 256 cm³/mol. The highest BCUT2D eigenvalue weighted by Crippen LogP contribution is 2.60. The summed E-state index contributed by atoms with van der Waals surface area (Å²) in [6.45, 7) is 0. The molecule has 0 aliphatic carbocycles. The summed E-state index contributed by atoms with van der Waals surface area (Å²) in [5, 5.41) is 2.61. The molecule has 5 heteroatoms. The Balaban J connectivity index is 0.000000253. The number of benzene rings is 9. The molecule has 0 saturated heterocycles. The fourth-order valence-corrected chi connectivity index (χ4v) is 10.7. The van der Waals surface area contributed by atoms with Crippen molar-refractivity contribution in [2.24, 2.45) is 11.7 Å². The van der Waals surface area contributed by atoms with Crippen molar-refractivity contribution in [1.82, 2.24) is 4.57 Å². The van der Waals surface area contributed by atoms with E-state index in [0.29, 0.717) is 0 Å². The first-order chi connectivity index (χ1) is 30.2. The molecular weight excluding hydrogens is 761 g/mol. The van der Waals surface area contributed by atoms with Gasteiger partial charge in [-0.05, 0) is 105 Å². The van der Waals surface area contributed by atoms with Gasteiger partial charge in [0.25, 0.3) is 0 Å². The van der Waals surface area contributed by atoms with E-state index in [1.165, 1.54) is 92.9 Å². The zero-order chi connectivity index (χ0) is 41.3. The summed E-state index contributed by atoms with van der Waals surface area (Å²) in [4.78, 5) is 2.64. The van der Waals surface area contributed by atoms with Crippen LogP contribution in [-0.4, -0.2) is 4.57 Å². The second kappa shape index (κ2) is 16.1. The summed E-state index contributed by atoms with van der Waals surface area (Å²) in [6.07, 6.45) is 0.923. The van der Waals surface area contributed by atoms with Crippen LogP contribution >= 0.6 is 11.8 Å². The Bertz CT molecular complexity index is 3170. The van der Waals surface area contributed by atoms with E-state index in [2.05, 4.69) is 192 Å². The van der Waals surface area contributed by atoms with Crippen molar-refractivity contribution >= 4 is 39.3 Å². The smallest absolute Gasteiger partial charge is 0.0764 e. The second-order valence-electron chi connectivity index (χ2n) is 15.5. The normalized spacial score (nSPS) is 14.2. The largest absolute Gasteiger partial charge is 0.399 e. The summed E-state index contributed by atoms with van der Waals surface area (Å²) in [6, 6.07) is 79.2. The highest BCUT2D eigenvalue weighted by Gasteiger charge is 2.49. The van der Waals surface area contributed by atoms with E-state index in [-0.39, 0.29) is 0 Å². The van der Waals surface area contributed by atoms with Crippen molar-refractivity contribution in [3.63, 3.8) is 0 Å². The van der Waals surface area contributed by atoms with Crippen LogP contribution < -0.4 is 17.4 Å². The van der Waals surface area contributed by atoms with Gasteiger partial charge in [0.15, 0.2) is 0 Å². The van der Waals surface area contributed by atoms with Gasteiger partial charge in [0, 0.05) is 26.3 Å². The van der Waals surface area contributed by atoms with Crippen LogP contribution in [0.3, 0.4) is 0 Å². The van der Waals surface area contributed by atoms with Gasteiger partial charge in [0.05, 0.1) is 22.1 Å². The average molecular weight is 805 g/mol. The van der Waals surface area contributed by atoms with Crippen molar-refractivity contribution < 1.29 is 0 Å². The lowest BCUT2D eigenvalue weighted by Crippen LogP contribution is -2.37. The Labute approximate surface area is 360 Å². The number of hydrogen-bond acceptors (Lipinski definition) is 4. The molecule has 6 N–H and O–H groups in total. The Morgan fingerprint density at radius 3 is 1.79 bits per heavy atom. The summed E-state index contributed by atoms with van der Waals surface area (Å²) < 4.78 is 2.52. The first-order valence-corrected chi connectivity index (χ1v) is 21.4. The molecule has 0 amide bonds. The van der Waals surface area contributed by atoms with Crippen LogP contribution in [0.4, 0.5) is 5.69 Å². The van der Waals surface area contributed by atoms with E-state index in [9.17, 15) is 0 Å². The number of nitrogen functional groups attached to an aromatic ring is 1. The van der Waals surface area contributed by atoms with Crippen molar-refractivity contribution in [2.75, 3.05) is 5.73 Å². The molecule has 2 aliphatic heterocycles. The Hall–Kier alpha value is -7.15. The average Bonchev–Trinajstić information content (AvgIpc) is 3.67. The lowest BCUT2D eigenvalue weighted by atomic mass is 9.62. The molecule has 0 bridgehead atoms. The molecule has 1 spiro atoms. The number of anilines is 1. The van der Waals surface area contributed by atoms with Crippen LogP contribution in [0.1, 0.15) is 33.4 Å². The van der Waals surface area contributed by atoms with Crippen molar-refractivity contribution in [3.8, 4) is 27.9 Å². The maximum atomic E-state index is 5.60. The van der Waals surface area contributed by atoms with Crippen molar-refractivity contribution in [1.29, 1.82) is 0 Å². The topological polar surface area (TPSA) is 83.0 Å². The first-order valence-electron chi connectivity index (χ1n) is 20.6. The van der Waals surface area contributed by atoms with E-state index in [1.807, 2.05) is 54.2 Å². The van der Waals surface area contributed by atoms with Gasteiger partial charge in [-0.25, -0.2) is 0 Å². The Morgan fingerprint density at radius 1 is 0.410 bits per heavy atom. The minimum absolute atomic E-state index is 0.463. The minimum Gasteiger partial charge on any atom is -0.399 e. The molecule has 0 fully saturated rings. The Morgan fingerprint density at radius 2 is 0.967 bits per heavy atom. The molecule has 294 valence electrons. The molecule has 10 aromatic rings. The molecule has 1 unspecified atom stereocenters. The third-order valence-electron chi connectivity index (χ3n) is 12.1.